The van der Waals surface area contributed by atoms with Crippen molar-refractivity contribution in [1.82, 2.24) is 9.29 Å². The zero-order chi connectivity index (χ0) is 20.5. The first kappa shape index (κ1) is 21.0. The maximum atomic E-state index is 12.5. The average Bonchev–Trinajstić information content (AvgIpc) is 3.05. The van der Waals surface area contributed by atoms with Crippen molar-refractivity contribution >= 4 is 65.8 Å². The number of anilines is 1. The summed E-state index contributed by atoms with van der Waals surface area (Å²) in [4.78, 5) is 16.9. The molecule has 1 heterocycles. The summed E-state index contributed by atoms with van der Waals surface area (Å²) < 4.78 is 27.2. The molecule has 3 rings (SSSR count). The number of sulfonamides is 1. The van der Waals surface area contributed by atoms with Crippen LogP contribution in [0.4, 0.5) is 5.13 Å². The van der Waals surface area contributed by atoms with Gasteiger partial charge < -0.3 is 0 Å². The Morgan fingerprint density at radius 1 is 1.14 bits per heavy atom. The Bertz CT molecular complexity index is 1120. The highest BCUT2D eigenvalue weighted by Crippen LogP contribution is 2.33. The Morgan fingerprint density at radius 3 is 2.39 bits per heavy atom. The van der Waals surface area contributed by atoms with Crippen LogP contribution < -0.4 is 5.32 Å². The van der Waals surface area contributed by atoms with Crippen LogP contribution in [0.1, 0.15) is 24.2 Å². The van der Waals surface area contributed by atoms with Gasteiger partial charge in [0.15, 0.2) is 5.13 Å². The molecule has 0 saturated heterocycles. The number of hydrogen-bond donors (Lipinski definition) is 1. The van der Waals surface area contributed by atoms with Crippen LogP contribution in [0, 0.1) is 0 Å². The molecule has 148 valence electrons. The van der Waals surface area contributed by atoms with Crippen LogP contribution in [0.5, 0.6) is 0 Å². The monoisotopic (exact) mass is 457 g/mol. The van der Waals surface area contributed by atoms with Gasteiger partial charge in [-0.15, -0.1) is 0 Å². The molecule has 1 aromatic heterocycles. The van der Waals surface area contributed by atoms with Gasteiger partial charge in [-0.1, -0.05) is 48.4 Å². The van der Waals surface area contributed by atoms with Crippen LogP contribution in [0.3, 0.4) is 0 Å². The lowest BCUT2D eigenvalue weighted by atomic mass is 10.2. The first-order valence-electron chi connectivity index (χ1n) is 8.43. The zero-order valence-corrected chi connectivity index (χ0v) is 18.2. The van der Waals surface area contributed by atoms with Gasteiger partial charge in [-0.05, 0) is 36.4 Å². The van der Waals surface area contributed by atoms with E-state index in [9.17, 15) is 13.2 Å². The topological polar surface area (TPSA) is 79.4 Å². The second-order valence-electron chi connectivity index (χ2n) is 5.82. The molecule has 0 bridgehead atoms. The predicted molar refractivity (Wildman–Crippen MR) is 114 cm³/mol. The van der Waals surface area contributed by atoms with Crippen molar-refractivity contribution in [3.05, 3.63) is 52.0 Å². The molecular weight excluding hydrogens is 441 g/mol. The Labute approximate surface area is 177 Å². The second kappa shape index (κ2) is 8.34. The molecule has 0 atom stereocenters. The molecule has 10 heteroatoms. The van der Waals surface area contributed by atoms with Crippen molar-refractivity contribution in [3.8, 4) is 0 Å². The molecule has 1 N–H and O–H groups in total. The first-order valence-corrected chi connectivity index (χ1v) is 11.4. The lowest BCUT2D eigenvalue weighted by molar-refractivity contribution is 0.102. The lowest BCUT2D eigenvalue weighted by Gasteiger charge is -2.18. The Kier molecular flexibility index (Phi) is 6.26. The number of amides is 1. The molecule has 28 heavy (non-hydrogen) atoms. The van der Waals surface area contributed by atoms with Gasteiger partial charge in [-0.2, -0.15) is 4.31 Å². The summed E-state index contributed by atoms with van der Waals surface area (Å²) in [6, 6.07) is 9.12. The van der Waals surface area contributed by atoms with Crippen LogP contribution in [0.25, 0.3) is 10.2 Å². The number of rotatable bonds is 6. The summed E-state index contributed by atoms with van der Waals surface area (Å²) in [5, 5.41) is 3.98. The Balaban J connectivity index is 1.81. The highest BCUT2D eigenvalue weighted by Gasteiger charge is 2.22. The number of benzene rings is 2. The Morgan fingerprint density at radius 2 is 1.79 bits per heavy atom. The number of nitrogens with one attached hydrogen (secondary N) is 1. The highest BCUT2D eigenvalue weighted by atomic mass is 35.5. The van der Waals surface area contributed by atoms with E-state index in [4.69, 9.17) is 23.2 Å². The van der Waals surface area contributed by atoms with Crippen molar-refractivity contribution in [3.63, 3.8) is 0 Å². The number of carbonyl (C=O) groups is 1. The molecule has 3 aromatic rings. The Hall–Kier alpha value is -1.71. The van der Waals surface area contributed by atoms with Gasteiger partial charge in [-0.3, -0.25) is 10.1 Å². The minimum absolute atomic E-state index is 0.147. The molecule has 6 nitrogen and oxygen atoms in total. The maximum absolute atomic E-state index is 12.5. The number of hydrogen-bond acceptors (Lipinski definition) is 5. The maximum Gasteiger partial charge on any atom is 0.257 e. The van der Waals surface area contributed by atoms with E-state index in [0.717, 1.165) is 4.70 Å². The van der Waals surface area contributed by atoms with E-state index >= 15 is 0 Å². The number of thiazole rings is 1. The van der Waals surface area contributed by atoms with Gasteiger partial charge >= 0.3 is 0 Å². The molecule has 0 aliphatic carbocycles. The number of halogens is 2. The van der Waals surface area contributed by atoms with E-state index in [2.05, 4.69) is 10.3 Å². The summed E-state index contributed by atoms with van der Waals surface area (Å²) in [6.45, 7) is 4.32. The van der Waals surface area contributed by atoms with E-state index in [1.807, 2.05) is 0 Å². The predicted octanol–water partition coefficient (Wildman–Crippen LogP) is 4.89. The van der Waals surface area contributed by atoms with Gasteiger partial charge in [0.25, 0.3) is 5.91 Å². The quantitative estimate of drug-likeness (QED) is 0.571. The summed E-state index contributed by atoms with van der Waals surface area (Å²) in [7, 11) is -3.56. The summed E-state index contributed by atoms with van der Waals surface area (Å²) >= 11 is 13.4. The molecule has 0 aliphatic rings. The largest absolute Gasteiger partial charge is 0.298 e. The van der Waals surface area contributed by atoms with Gasteiger partial charge in [0.05, 0.1) is 14.6 Å². The van der Waals surface area contributed by atoms with Crippen molar-refractivity contribution in [1.29, 1.82) is 0 Å². The third-order valence-corrected chi connectivity index (χ3v) is 7.58. The van der Waals surface area contributed by atoms with Crippen molar-refractivity contribution in [2.75, 3.05) is 18.4 Å². The number of carbonyl (C=O) groups excluding carboxylic acids is 1. The van der Waals surface area contributed by atoms with E-state index in [1.54, 1.807) is 26.0 Å². The van der Waals surface area contributed by atoms with Crippen LogP contribution in [-0.4, -0.2) is 36.7 Å². The number of fused-ring (bicyclic) bond motifs is 1. The summed E-state index contributed by atoms with van der Waals surface area (Å²) in [5.41, 5.74) is 0.883. The fourth-order valence-electron chi connectivity index (χ4n) is 2.67. The van der Waals surface area contributed by atoms with Gasteiger partial charge in [0.2, 0.25) is 10.0 Å². The fraction of sp³-hybridized carbons (Fsp3) is 0.222. The minimum atomic E-state index is -3.56. The van der Waals surface area contributed by atoms with Crippen LogP contribution in [0.2, 0.25) is 10.0 Å². The average molecular weight is 458 g/mol. The van der Waals surface area contributed by atoms with Crippen LogP contribution >= 0.6 is 34.5 Å². The fourth-order valence-corrected chi connectivity index (χ4v) is 5.71. The van der Waals surface area contributed by atoms with Crippen molar-refractivity contribution in [2.24, 2.45) is 0 Å². The van der Waals surface area contributed by atoms with Crippen molar-refractivity contribution in [2.45, 2.75) is 18.7 Å². The lowest BCUT2D eigenvalue weighted by Crippen LogP contribution is -2.30. The van der Waals surface area contributed by atoms with Gasteiger partial charge in [0, 0.05) is 23.7 Å². The van der Waals surface area contributed by atoms with E-state index in [-0.39, 0.29) is 4.90 Å². The molecule has 0 aliphatic heterocycles. The molecule has 0 fully saturated rings. The van der Waals surface area contributed by atoms with E-state index < -0.39 is 15.9 Å². The molecular formula is C18H17Cl2N3O3S2. The van der Waals surface area contributed by atoms with Gasteiger partial charge in [0.1, 0.15) is 5.52 Å². The molecule has 1 amide bonds. The minimum Gasteiger partial charge on any atom is -0.298 e. The van der Waals surface area contributed by atoms with E-state index in [1.165, 1.54) is 39.9 Å². The molecule has 2 aromatic carbocycles. The highest BCUT2D eigenvalue weighted by molar-refractivity contribution is 7.89. The van der Waals surface area contributed by atoms with E-state index in [0.29, 0.717) is 39.3 Å². The molecule has 0 spiro atoms. The third-order valence-electron chi connectivity index (χ3n) is 4.09. The number of aromatic nitrogens is 1. The second-order valence-corrected chi connectivity index (χ2v) is 9.63. The number of nitrogens with zero attached hydrogens (tertiary/aromatic N) is 2. The molecule has 0 unspecified atom stereocenters. The smallest absolute Gasteiger partial charge is 0.257 e. The summed E-state index contributed by atoms with van der Waals surface area (Å²) in [6.07, 6.45) is 0. The molecule has 0 radical (unpaired) electrons. The SMILES string of the molecule is CCN(CC)S(=O)(=O)c1ccc(C(=O)Nc2nc3c(Cl)cc(Cl)cc3s2)cc1. The standard InChI is InChI=1S/C18H17Cl2N3O3S2/c1-3-23(4-2)28(25,26)13-7-5-11(6-8-13)17(24)22-18-21-16-14(20)9-12(19)10-15(16)27-18/h5-10H,3-4H2,1-2H3,(H,21,22,24). The normalized spacial score (nSPS) is 11.9. The van der Waals surface area contributed by atoms with Crippen LogP contribution in [0.15, 0.2) is 41.3 Å². The zero-order valence-electron chi connectivity index (χ0n) is 15.1. The first-order chi connectivity index (χ1) is 13.3. The van der Waals surface area contributed by atoms with Gasteiger partial charge in [-0.25, -0.2) is 13.4 Å². The summed E-state index contributed by atoms with van der Waals surface area (Å²) in [5.74, 6) is -0.395. The third kappa shape index (κ3) is 4.16. The van der Waals surface area contributed by atoms with Crippen LogP contribution in [-0.2, 0) is 10.0 Å². The van der Waals surface area contributed by atoms with Crippen molar-refractivity contribution < 1.29 is 13.2 Å². The molecule has 0 saturated carbocycles.